The van der Waals surface area contributed by atoms with E-state index in [2.05, 4.69) is 20.7 Å². The lowest BCUT2D eigenvalue weighted by Crippen LogP contribution is -2.45. The number of carbonyl (C=O) groups excluding carboxylic acids is 2. The van der Waals surface area contributed by atoms with Crippen LogP contribution in [-0.2, 0) is 6.54 Å². The summed E-state index contributed by atoms with van der Waals surface area (Å²) in [7, 11) is 0. The van der Waals surface area contributed by atoms with Gasteiger partial charge in [-0.2, -0.15) is 5.10 Å². The molecule has 4 rings (SSSR count). The topological polar surface area (TPSA) is 111 Å². The maximum Gasteiger partial charge on any atom is 0.287 e. The van der Waals surface area contributed by atoms with Gasteiger partial charge in [-0.05, 0) is 46.2 Å². The standard InChI is InChI=1S/C21H27N7O3/c1-13(2)28-14(3)17(11-23-28)21(30)27-9-7-18(15(27)4)24-20(29)19-6-5-16(31-19)12-26-10-8-22-25-26/h5-6,8,10-11,13,15,18H,7,9,12H2,1-4H3,(H,24,29)/t15-,18-/m1/s1. The van der Waals surface area contributed by atoms with Crippen LogP contribution in [-0.4, -0.2) is 60.1 Å². The Balaban J connectivity index is 1.39. The van der Waals surface area contributed by atoms with Gasteiger partial charge in [0, 0.05) is 30.5 Å². The van der Waals surface area contributed by atoms with Gasteiger partial charge in [0.25, 0.3) is 11.8 Å². The van der Waals surface area contributed by atoms with Gasteiger partial charge in [0.1, 0.15) is 12.3 Å². The summed E-state index contributed by atoms with van der Waals surface area (Å²) in [4.78, 5) is 27.6. The van der Waals surface area contributed by atoms with Crippen molar-refractivity contribution < 1.29 is 14.0 Å². The Morgan fingerprint density at radius 3 is 2.81 bits per heavy atom. The monoisotopic (exact) mass is 425 g/mol. The number of amides is 2. The van der Waals surface area contributed by atoms with E-state index in [1.165, 1.54) is 0 Å². The molecule has 1 saturated heterocycles. The maximum atomic E-state index is 13.1. The third-order valence-electron chi connectivity index (χ3n) is 5.77. The van der Waals surface area contributed by atoms with Crippen molar-refractivity contribution in [3.8, 4) is 0 Å². The molecular formula is C21H27N7O3. The van der Waals surface area contributed by atoms with Gasteiger partial charge in [-0.3, -0.25) is 14.3 Å². The predicted molar refractivity (Wildman–Crippen MR) is 112 cm³/mol. The van der Waals surface area contributed by atoms with Crippen LogP contribution in [0.25, 0.3) is 0 Å². The molecule has 1 N–H and O–H groups in total. The molecule has 0 aromatic carbocycles. The number of carbonyl (C=O) groups is 2. The molecule has 2 amide bonds. The SMILES string of the molecule is Cc1c(C(=O)N2CC[C@@H](NC(=O)c3ccc(Cn4ccnn4)o3)[C@H]2C)cnn1C(C)C. The van der Waals surface area contributed by atoms with E-state index in [9.17, 15) is 9.59 Å². The quantitative estimate of drug-likeness (QED) is 0.647. The number of furan rings is 1. The number of hydrogen-bond donors (Lipinski definition) is 1. The molecule has 3 aromatic rings. The summed E-state index contributed by atoms with van der Waals surface area (Å²) in [6, 6.07) is 3.30. The van der Waals surface area contributed by atoms with Gasteiger partial charge in [-0.1, -0.05) is 5.21 Å². The van der Waals surface area contributed by atoms with Gasteiger partial charge in [0.05, 0.1) is 24.0 Å². The van der Waals surface area contributed by atoms with Crippen LogP contribution in [0.15, 0.2) is 35.1 Å². The molecule has 0 saturated carbocycles. The largest absolute Gasteiger partial charge is 0.454 e. The van der Waals surface area contributed by atoms with Gasteiger partial charge in [0.15, 0.2) is 5.76 Å². The van der Waals surface area contributed by atoms with Crippen molar-refractivity contribution >= 4 is 11.8 Å². The predicted octanol–water partition coefficient (Wildman–Crippen LogP) is 2.04. The van der Waals surface area contributed by atoms with Crippen LogP contribution in [0.1, 0.15) is 65.6 Å². The second kappa shape index (κ2) is 8.37. The van der Waals surface area contributed by atoms with E-state index in [1.54, 1.807) is 40.3 Å². The Bertz CT molecular complexity index is 1070. The second-order valence-electron chi connectivity index (χ2n) is 8.16. The minimum atomic E-state index is -0.292. The third-order valence-corrected chi connectivity index (χ3v) is 5.77. The highest BCUT2D eigenvalue weighted by Crippen LogP contribution is 2.23. The van der Waals surface area contributed by atoms with Crippen molar-refractivity contribution in [3.05, 3.63) is 53.5 Å². The van der Waals surface area contributed by atoms with Crippen LogP contribution < -0.4 is 5.32 Å². The number of rotatable bonds is 6. The molecule has 3 aromatic heterocycles. The number of nitrogens with one attached hydrogen (secondary N) is 1. The van der Waals surface area contributed by atoms with E-state index in [1.807, 2.05) is 32.4 Å². The van der Waals surface area contributed by atoms with E-state index in [0.717, 1.165) is 5.69 Å². The van der Waals surface area contributed by atoms with Crippen LogP contribution in [0.2, 0.25) is 0 Å². The molecule has 1 fully saturated rings. The first-order valence-electron chi connectivity index (χ1n) is 10.4. The zero-order chi connectivity index (χ0) is 22.1. The molecule has 164 valence electrons. The average molecular weight is 425 g/mol. The third kappa shape index (κ3) is 4.10. The molecular weight excluding hydrogens is 398 g/mol. The Hall–Kier alpha value is -3.43. The molecule has 10 heteroatoms. The summed E-state index contributed by atoms with van der Waals surface area (Å²) in [5.41, 5.74) is 1.46. The first-order chi connectivity index (χ1) is 14.8. The van der Waals surface area contributed by atoms with E-state index in [0.29, 0.717) is 30.8 Å². The molecule has 0 spiro atoms. The number of likely N-dealkylation sites (tertiary alicyclic amines) is 1. The zero-order valence-corrected chi connectivity index (χ0v) is 18.1. The highest BCUT2D eigenvalue weighted by atomic mass is 16.4. The van der Waals surface area contributed by atoms with E-state index in [-0.39, 0.29) is 35.7 Å². The lowest BCUT2D eigenvalue weighted by molar-refractivity contribution is 0.0726. The van der Waals surface area contributed by atoms with Gasteiger partial charge >= 0.3 is 0 Å². The summed E-state index contributed by atoms with van der Waals surface area (Å²) in [5.74, 6) is 0.507. The zero-order valence-electron chi connectivity index (χ0n) is 18.1. The fraction of sp³-hybridized carbons (Fsp3) is 0.476. The van der Waals surface area contributed by atoms with Crippen molar-refractivity contribution in [2.45, 2.75) is 58.8 Å². The molecule has 2 atom stereocenters. The van der Waals surface area contributed by atoms with Crippen LogP contribution in [0.5, 0.6) is 0 Å². The number of aromatic nitrogens is 5. The van der Waals surface area contributed by atoms with Gasteiger partial charge < -0.3 is 14.6 Å². The maximum absolute atomic E-state index is 13.1. The summed E-state index contributed by atoms with van der Waals surface area (Å²) in [6.45, 7) is 8.91. The van der Waals surface area contributed by atoms with Gasteiger partial charge in [0.2, 0.25) is 0 Å². The van der Waals surface area contributed by atoms with E-state index < -0.39 is 0 Å². The summed E-state index contributed by atoms with van der Waals surface area (Å²) in [6.07, 6.45) is 5.62. The fourth-order valence-corrected chi connectivity index (χ4v) is 4.03. The average Bonchev–Trinajstić information content (AvgIpc) is 3.51. The molecule has 0 bridgehead atoms. The van der Waals surface area contributed by atoms with E-state index in [4.69, 9.17) is 4.42 Å². The lowest BCUT2D eigenvalue weighted by Gasteiger charge is -2.25. The first-order valence-corrected chi connectivity index (χ1v) is 10.4. The van der Waals surface area contributed by atoms with Crippen molar-refractivity contribution in [1.29, 1.82) is 0 Å². The molecule has 0 radical (unpaired) electrons. The van der Waals surface area contributed by atoms with E-state index >= 15 is 0 Å². The smallest absolute Gasteiger partial charge is 0.287 e. The van der Waals surface area contributed by atoms with Gasteiger partial charge in [-0.15, -0.1) is 5.10 Å². The Labute approximate surface area is 180 Å². The van der Waals surface area contributed by atoms with Crippen LogP contribution in [0.4, 0.5) is 0 Å². The molecule has 4 heterocycles. The molecule has 1 aliphatic heterocycles. The summed E-state index contributed by atoms with van der Waals surface area (Å²) in [5, 5.41) is 15.0. The summed E-state index contributed by atoms with van der Waals surface area (Å²) >= 11 is 0. The van der Waals surface area contributed by atoms with Crippen molar-refractivity contribution in [2.75, 3.05) is 6.54 Å². The summed E-state index contributed by atoms with van der Waals surface area (Å²) < 4.78 is 9.12. The molecule has 1 aliphatic rings. The van der Waals surface area contributed by atoms with Crippen LogP contribution in [0, 0.1) is 6.92 Å². The highest BCUT2D eigenvalue weighted by molar-refractivity contribution is 5.96. The minimum absolute atomic E-state index is 0.0539. The highest BCUT2D eigenvalue weighted by Gasteiger charge is 2.36. The normalized spacial score (nSPS) is 18.7. The molecule has 31 heavy (non-hydrogen) atoms. The minimum Gasteiger partial charge on any atom is -0.454 e. The Morgan fingerprint density at radius 2 is 2.13 bits per heavy atom. The Kier molecular flexibility index (Phi) is 5.62. The second-order valence-corrected chi connectivity index (χ2v) is 8.16. The molecule has 0 unspecified atom stereocenters. The van der Waals surface area contributed by atoms with Gasteiger partial charge in [-0.25, -0.2) is 4.68 Å². The van der Waals surface area contributed by atoms with Crippen molar-refractivity contribution in [1.82, 2.24) is 35.0 Å². The lowest BCUT2D eigenvalue weighted by atomic mass is 10.1. The first kappa shape index (κ1) is 20.8. The van der Waals surface area contributed by atoms with Crippen LogP contribution >= 0.6 is 0 Å². The van der Waals surface area contributed by atoms with Crippen LogP contribution in [0.3, 0.4) is 0 Å². The van der Waals surface area contributed by atoms with Crippen molar-refractivity contribution in [2.24, 2.45) is 0 Å². The van der Waals surface area contributed by atoms with Crippen molar-refractivity contribution in [3.63, 3.8) is 0 Å². The fourth-order valence-electron chi connectivity index (χ4n) is 4.03. The number of hydrogen-bond acceptors (Lipinski definition) is 6. The molecule has 0 aliphatic carbocycles. The Morgan fingerprint density at radius 1 is 1.32 bits per heavy atom. The molecule has 10 nitrogen and oxygen atoms in total. The number of nitrogens with zero attached hydrogens (tertiary/aromatic N) is 6.